The van der Waals surface area contributed by atoms with E-state index in [9.17, 15) is 9.59 Å². The summed E-state index contributed by atoms with van der Waals surface area (Å²) in [7, 11) is 0. The highest BCUT2D eigenvalue weighted by atomic mass is 16.7. The molecule has 1 aliphatic rings. The van der Waals surface area contributed by atoms with Crippen molar-refractivity contribution >= 4 is 12.1 Å². The minimum absolute atomic E-state index is 0.232. The zero-order valence-electron chi connectivity index (χ0n) is 9.16. The maximum atomic E-state index is 11.3. The Morgan fingerprint density at radius 3 is 2.47 bits per heavy atom. The highest BCUT2D eigenvalue weighted by Gasteiger charge is 2.19. The summed E-state index contributed by atoms with van der Waals surface area (Å²) in [5, 5.41) is 0. The molecule has 1 fully saturated rings. The van der Waals surface area contributed by atoms with E-state index in [0.717, 1.165) is 12.8 Å². The number of ether oxygens (including phenoxy) is 2. The van der Waals surface area contributed by atoms with Crippen molar-refractivity contribution < 1.29 is 19.1 Å². The molecule has 0 unspecified atom stereocenters. The van der Waals surface area contributed by atoms with Gasteiger partial charge in [0.15, 0.2) is 0 Å². The molecule has 1 rings (SSSR count). The van der Waals surface area contributed by atoms with E-state index in [1.165, 1.54) is 19.3 Å². The van der Waals surface area contributed by atoms with Crippen LogP contribution in [-0.4, -0.2) is 18.7 Å². The molecule has 0 aromatic rings. The monoisotopic (exact) mass is 214 g/mol. The molecule has 4 nitrogen and oxygen atoms in total. The third-order valence-electron chi connectivity index (χ3n) is 2.64. The second-order valence-electron chi connectivity index (χ2n) is 3.87. The number of hydrogen-bond acceptors (Lipinski definition) is 4. The van der Waals surface area contributed by atoms with Gasteiger partial charge in [-0.1, -0.05) is 19.3 Å². The molecule has 0 spiro atoms. The van der Waals surface area contributed by atoms with E-state index in [1.807, 2.05) is 0 Å². The van der Waals surface area contributed by atoms with Crippen LogP contribution in [-0.2, 0) is 14.3 Å². The summed E-state index contributed by atoms with van der Waals surface area (Å²) >= 11 is 0. The molecule has 0 bridgehead atoms. The van der Waals surface area contributed by atoms with Crippen molar-refractivity contribution in [2.24, 2.45) is 5.92 Å². The fraction of sp³-hybridized carbons (Fsp3) is 0.818. The first-order valence-corrected chi connectivity index (χ1v) is 5.59. The van der Waals surface area contributed by atoms with Crippen LogP contribution in [0.2, 0.25) is 0 Å². The van der Waals surface area contributed by atoms with Gasteiger partial charge in [0.05, 0.1) is 6.61 Å². The van der Waals surface area contributed by atoms with Crippen molar-refractivity contribution in [1.29, 1.82) is 0 Å². The molecule has 0 aliphatic heterocycles. The largest absolute Gasteiger partial charge is 0.516 e. The van der Waals surface area contributed by atoms with Crippen molar-refractivity contribution in [3.8, 4) is 0 Å². The maximum absolute atomic E-state index is 11.3. The molecule has 0 radical (unpaired) electrons. The number of rotatable bonds is 3. The molecule has 0 aromatic carbocycles. The lowest BCUT2D eigenvalue weighted by Gasteiger charge is -2.19. The second-order valence-corrected chi connectivity index (χ2v) is 3.87. The highest BCUT2D eigenvalue weighted by Crippen LogP contribution is 2.26. The van der Waals surface area contributed by atoms with E-state index in [-0.39, 0.29) is 6.61 Å². The Labute approximate surface area is 89.9 Å². The van der Waals surface area contributed by atoms with Gasteiger partial charge in [0.2, 0.25) is 0 Å². The number of esters is 1. The molecule has 0 atom stereocenters. The van der Waals surface area contributed by atoms with Crippen LogP contribution in [0, 0.1) is 5.92 Å². The van der Waals surface area contributed by atoms with Crippen LogP contribution in [0.5, 0.6) is 0 Å². The van der Waals surface area contributed by atoms with Gasteiger partial charge in [0.25, 0.3) is 0 Å². The summed E-state index contributed by atoms with van der Waals surface area (Å²) in [4.78, 5) is 22.1. The van der Waals surface area contributed by atoms with E-state index >= 15 is 0 Å². The van der Waals surface area contributed by atoms with Gasteiger partial charge in [-0.25, -0.2) is 4.79 Å². The molecular formula is C11H18O4. The second kappa shape index (κ2) is 6.43. The first kappa shape index (κ1) is 12.0. The molecule has 4 heteroatoms. The van der Waals surface area contributed by atoms with E-state index < -0.39 is 12.1 Å². The summed E-state index contributed by atoms with van der Waals surface area (Å²) < 4.78 is 9.01. The molecule has 0 N–H and O–H groups in total. The first-order valence-electron chi connectivity index (χ1n) is 5.59. The standard InChI is InChI=1S/C11H18O4/c1-2-14-11(13)15-10(12)8-9-6-4-3-5-7-9/h9H,2-8H2,1H3. The zero-order valence-corrected chi connectivity index (χ0v) is 9.16. The van der Waals surface area contributed by atoms with E-state index in [2.05, 4.69) is 9.47 Å². The van der Waals surface area contributed by atoms with Gasteiger partial charge in [-0.2, -0.15) is 0 Å². The van der Waals surface area contributed by atoms with Gasteiger partial charge in [-0.15, -0.1) is 0 Å². The minimum Gasteiger partial charge on any atom is -0.434 e. The normalized spacial score (nSPS) is 17.1. The Kier molecular flexibility index (Phi) is 5.15. The van der Waals surface area contributed by atoms with Gasteiger partial charge in [0.1, 0.15) is 0 Å². The molecule has 0 heterocycles. The minimum atomic E-state index is -0.877. The van der Waals surface area contributed by atoms with Crippen molar-refractivity contribution in [2.45, 2.75) is 45.4 Å². The molecule has 1 aliphatic carbocycles. The van der Waals surface area contributed by atoms with Crippen LogP contribution in [0.25, 0.3) is 0 Å². The smallest absolute Gasteiger partial charge is 0.434 e. The average molecular weight is 214 g/mol. The third kappa shape index (κ3) is 4.81. The molecule has 0 amide bonds. The van der Waals surface area contributed by atoms with E-state index in [1.54, 1.807) is 6.92 Å². The predicted molar refractivity (Wildman–Crippen MR) is 54.3 cm³/mol. The van der Waals surface area contributed by atoms with Gasteiger partial charge in [0, 0.05) is 6.42 Å². The lowest BCUT2D eigenvalue weighted by molar-refractivity contribution is -0.141. The summed E-state index contributed by atoms with van der Waals surface area (Å²) in [6.07, 6.45) is 5.21. The number of carbonyl (C=O) groups is 2. The summed E-state index contributed by atoms with van der Waals surface area (Å²) in [5.41, 5.74) is 0. The fourth-order valence-corrected chi connectivity index (χ4v) is 1.91. The van der Waals surface area contributed by atoms with Crippen LogP contribution in [0.3, 0.4) is 0 Å². The SMILES string of the molecule is CCOC(=O)OC(=O)CC1CCCCC1. The number of carbonyl (C=O) groups excluding carboxylic acids is 2. The zero-order chi connectivity index (χ0) is 11.1. The maximum Gasteiger partial charge on any atom is 0.516 e. The Balaban J connectivity index is 2.19. The van der Waals surface area contributed by atoms with Crippen molar-refractivity contribution in [3.63, 3.8) is 0 Å². The predicted octanol–water partition coefficient (Wildman–Crippen LogP) is 2.66. The topological polar surface area (TPSA) is 52.6 Å². The van der Waals surface area contributed by atoms with Crippen LogP contribution < -0.4 is 0 Å². The van der Waals surface area contributed by atoms with Crippen LogP contribution in [0.1, 0.15) is 45.4 Å². The van der Waals surface area contributed by atoms with Crippen molar-refractivity contribution in [1.82, 2.24) is 0 Å². The van der Waals surface area contributed by atoms with E-state index in [0.29, 0.717) is 12.3 Å². The Bertz CT molecular complexity index is 219. The fourth-order valence-electron chi connectivity index (χ4n) is 1.91. The van der Waals surface area contributed by atoms with Crippen LogP contribution in [0.15, 0.2) is 0 Å². The summed E-state index contributed by atoms with van der Waals surface area (Å²) in [6.45, 7) is 1.91. The lowest BCUT2D eigenvalue weighted by atomic mass is 9.87. The van der Waals surface area contributed by atoms with Gasteiger partial charge >= 0.3 is 12.1 Å². The molecule has 15 heavy (non-hydrogen) atoms. The lowest BCUT2D eigenvalue weighted by Crippen LogP contribution is -2.18. The Hall–Kier alpha value is -1.06. The van der Waals surface area contributed by atoms with Gasteiger partial charge in [-0.05, 0) is 25.7 Å². The number of hydrogen-bond donors (Lipinski definition) is 0. The third-order valence-corrected chi connectivity index (χ3v) is 2.64. The Morgan fingerprint density at radius 2 is 1.87 bits per heavy atom. The summed E-state index contributed by atoms with van der Waals surface area (Å²) in [6, 6.07) is 0. The molecular weight excluding hydrogens is 196 g/mol. The first-order chi connectivity index (χ1) is 7.22. The summed E-state index contributed by atoms with van der Waals surface area (Å²) in [5.74, 6) is -0.0685. The van der Waals surface area contributed by atoms with Crippen molar-refractivity contribution in [2.75, 3.05) is 6.61 Å². The molecule has 0 aromatic heterocycles. The highest BCUT2D eigenvalue weighted by molar-refractivity contribution is 5.81. The van der Waals surface area contributed by atoms with Crippen molar-refractivity contribution in [3.05, 3.63) is 0 Å². The van der Waals surface area contributed by atoms with Gasteiger partial charge in [-0.3, -0.25) is 4.79 Å². The van der Waals surface area contributed by atoms with Gasteiger partial charge < -0.3 is 9.47 Å². The quantitative estimate of drug-likeness (QED) is 0.535. The van der Waals surface area contributed by atoms with Crippen LogP contribution >= 0.6 is 0 Å². The Morgan fingerprint density at radius 1 is 1.20 bits per heavy atom. The molecule has 0 saturated heterocycles. The molecule has 86 valence electrons. The molecule has 1 saturated carbocycles. The van der Waals surface area contributed by atoms with E-state index in [4.69, 9.17) is 0 Å². The van der Waals surface area contributed by atoms with Crippen LogP contribution in [0.4, 0.5) is 4.79 Å². The average Bonchev–Trinajstić information content (AvgIpc) is 2.19.